The Morgan fingerprint density at radius 3 is 2.38 bits per heavy atom. The average molecular weight is 470 g/mol. The van der Waals surface area contributed by atoms with Crippen LogP contribution in [0.3, 0.4) is 0 Å². The Kier molecular flexibility index (Phi) is 9.19. The fourth-order valence-corrected chi connectivity index (χ4v) is 4.23. The Morgan fingerprint density at radius 2 is 1.77 bits per heavy atom. The quantitative estimate of drug-likeness (QED) is 0.406. The number of nitrogens with zero attached hydrogens (tertiary/aromatic N) is 3. The molecule has 1 aromatic carbocycles. The van der Waals surface area contributed by atoms with Crippen molar-refractivity contribution in [2.45, 2.75) is 32.6 Å². The molecule has 0 spiro atoms. The van der Waals surface area contributed by atoms with Crippen LogP contribution in [0.25, 0.3) is 0 Å². The van der Waals surface area contributed by atoms with Crippen LogP contribution in [0, 0.1) is 11.8 Å². The van der Waals surface area contributed by atoms with E-state index in [2.05, 4.69) is 57.4 Å². The molecular formula is C21H35IN4. The maximum atomic E-state index is 4.54. The van der Waals surface area contributed by atoms with Gasteiger partial charge in [-0.2, -0.15) is 0 Å². The predicted octanol–water partition coefficient (Wildman–Crippen LogP) is 3.48. The minimum atomic E-state index is 0. The van der Waals surface area contributed by atoms with E-state index >= 15 is 0 Å². The number of rotatable bonds is 5. The minimum absolute atomic E-state index is 0. The van der Waals surface area contributed by atoms with Gasteiger partial charge in [-0.1, -0.05) is 37.3 Å². The number of benzene rings is 1. The maximum absolute atomic E-state index is 4.54. The smallest absolute Gasteiger partial charge is 0.193 e. The SMILES string of the molecule is CCN1CCC(CNC(=NC)N2CCC(Cc3ccccc3)CC2)C1.I. The second-order valence-electron chi connectivity index (χ2n) is 7.60. The molecule has 1 atom stereocenters. The molecule has 0 saturated carbocycles. The first-order valence-electron chi connectivity index (χ1n) is 10.00. The van der Waals surface area contributed by atoms with Crippen molar-refractivity contribution in [3.8, 4) is 0 Å². The van der Waals surface area contributed by atoms with Crippen molar-refractivity contribution in [1.29, 1.82) is 0 Å². The highest BCUT2D eigenvalue weighted by Gasteiger charge is 2.24. The number of hydrogen-bond acceptors (Lipinski definition) is 2. The molecule has 5 heteroatoms. The van der Waals surface area contributed by atoms with Gasteiger partial charge in [-0.3, -0.25) is 4.99 Å². The highest BCUT2D eigenvalue weighted by Crippen LogP contribution is 2.22. The Hall–Kier alpha value is -0.820. The zero-order chi connectivity index (χ0) is 17.5. The van der Waals surface area contributed by atoms with Crippen LogP contribution in [0.2, 0.25) is 0 Å². The molecule has 2 heterocycles. The molecule has 2 aliphatic heterocycles. The summed E-state index contributed by atoms with van der Waals surface area (Å²) < 4.78 is 0. The van der Waals surface area contributed by atoms with Gasteiger partial charge in [0.2, 0.25) is 0 Å². The van der Waals surface area contributed by atoms with E-state index in [1.807, 2.05) is 7.05 Å². The van der Waals surface area contributed by atoms with Gasteiger partial charge in [-0.15, -0.1) is 24.0 Å². The van der Waals surface area contributed by atoms with Crippen molar-refractivity contribution in [3.05, 3.63) is 35.9 Å². The molecule has 0 radical (unpaired) electrons. The van der Waals surface area contributed by atoms with Gasteiger partial charge in [-0.25, -0.2) is 0 Å². The van der Waals surface area contributed by atoms with Crippen LogP contribution >= 0.6 is 24.0 Å². The van der Waals surface area contributed by atoms with E-state index in [9.17, 15) is 0 Å². The van der Waals surface area contributed by atoms with E-state index in [-0.39, 0.29) is 24.0 Å². The molecule has 0 amide bonds. The molecule has 2 fully saturated rings. The van der Waals surface area contributed by atoms with Gasteiger partial charge in [0.25, 0.3) is 0 Å². The Balaban J connectivity index is 0.00000243. The minimum Gasteiger partial charge on any atom is -0.356 e. The lowest BCUT2D eigenvalue weighted by Gasteiger charge is -2.34. The first-order chi connectivity index (χ1) is 12.3. The summed E-state index contributed by atoms with van der Waals surface area (Å²) in [4.78, 5) is 9.54. The van der Waals surface area contributed by atoms with E-state index in [0.717, 1.165) is 37.4 Å². The Morgan fingerprint density at radius 1 is 1.08 bits per heavy atom. The van der Waals surface area contributed by atoms with Crippen molar-refractivity contribution in [2.75, 3.05) is 46.3 Å². The Bertz CT molecular complexity index is 540. The van der Waals surface area contributed by atoms with Crippen molar-refractivity contribution in [2.24, 2.45) is 16.8 Å². The monoisotopic (exact) mass is 470 g/mol. The fourth-order valence-electron chi connectivity index (χ4n) is 4.23. The molecular weight excluding hydrogens is 435 g/mol. The summed E-state index contributed by atoms with van der Waals surface area (Å²) in [5.74, 6) is 2.69. The molecule has 0 aromatic heterocycles. The number of nitrogens with one attached hydrogen (secondary N) is 1. The van der Waals surface area contributed by atoms with Crippen LogP contribution in [0.1, 0.15) is 31.7 Å². The first-order valence-corrected chi connectivity index (χ1v) is 10.00. The highest BCUT2D eigenvalue weighted by molar-refractivity contribution is 14.0. The number of hydrogen-bond donors (Lipinski definition) is 1. The highest BCUT2D eigenvalue weighted by atomic mass is 127. The zero-order valence-corrected chi connectivity index (χ0v) is 18.7. The van der Waals surface area contributed by atoms with Crippen LogP contribution in [0.4, 0.5) is 0 Å². The molecule has 146 valence electrons. The summed E-state index contributed by atoms with van der Waals surface area (Å²) in [6, 6.07) is 10.9. The second-order valence-corrected chi connectivity index (χ2v) is 7.60. The van der Waals surface area contributed by atoms with Crippen LogP contribution in [0.5, 0.6) is 0 Å². The maximum Gasteiger partial charge on any atom is 0.193 e. The van der Waals surface area contributed by atoms with E-state index in [1.54, 1.807) is 0 Å². The van der Waals surface area contributed by atoms with Crippen molar-refractivity contribution >= 4 is 29.9 Å². The van der Waals surface area contributed by atoms with Gasteiger partial charge in [0.05, 0.1) is 0 Å². The predicted molar refractivity (Wildman–Crippen MR) is 121 cm³/mol. The lowest BCUT2D eigenvalue weighted by atomic mass is 9.90. The lowest BCUT2D eigenvalue weighted by Crippen LogP contribution is -2.47. The summed E-state index contributed by atoms with van der Waals surface area (Å²) in [6.45, 7) is 9.25. The molecule has 4 nitrogen and oxygen atoms in total. The molecule has 1 unspecified atom stereocenters. The number of halogens is 1. The number of guanidine groups is 1. The third kappa shape index (κ3) is 6.12. The molecule has 26 heavy (non-hydrogen) atoms. The largest absolute Gasteiger partial charge is 0.356 e. The van der Waals surface area contributed by atoms with E-state index < -0.39 is 0 Å². The molecule has 0 aliphatic carbocycles. The molecule has 2 aliphatic rings. The first kappa shape index (κ1) is 21.5. The summed E-state index contributed by atoms with van der Waals surface area (Å²) in [5.41, 5.74) is 1.48. The second kappa shape index (κ2) is 11.1. The van der Waals surface area contributed by atoms with E-state index in [0.29, 0.717) is 0 Å². The number of aliphatic imine (C=N–C) groups is 1. The van der Waals surface area contributed by atoms with Crippen molar-refractivity contribution < 1.29 is 0 Å². The standard InChI is InChI=1S/C21H34N4.HI/c1-3-24-12-9-20(17-24)16-23-21(22-2)25-13-10-19(11-14-25)15-18-7-5-4-6-8-18;/h4-8,19-20H,3,9-17H2,1-2H3,(H,22,23);1H. The van der Waals surface area contributed by atoms with Crippen LogP contribution in [0.15, 0.2) is 35.3 Å². The molecule has 1 N–H and O–H groups in total. The van der Waals surface area contributed by atoms with Gasteiger partial charge < -0.3 is 15.1 Å². The van der Waals surface area contributed by atoms with Gasteiger partial charge in [0, 0.05) is 33.2 Å². The Labute approximate surface area is 176 Å². The van der Waals surface area contributed by atoms with Gasteiger partial charge in [-0.05, 0) is 56.2 Å². The third-order valence-corrected chi connectivity index (χ3v) is 5.86. The molecule has 1 aromatic rings. The molecule has 3 rings (SSSR count). The zero-order valence-electron chi connectivity index (χ0n) is 16.4. The van der Waals surface area contributed by atoms with Gasteiger partial charge >= 0.3 is 0 Å². The van der Waals surface area contributed by atoms with E-state index in [1.165, 1.54) is 50.9 Å². The summed E-state index contributed by atoms with van der Waals surface area (Å²) in [5, 5.41) is 3.64. The third-order valence-electron chi connectivity index (χ3n) is 5.86. The fraction of sp³-hybridized carbons (Fsp3) is 0.667. The van der Waals surface area contributed by atoms with Crippen molar-refractivity contribution in [1.82, 2.24) is 15.1 Å². The number of likely N-dealkylation sites (tertiary alicyclic amines) is 2. The topological polar surface area (TPSA) is 30.9 Å². The average Bonchev–Trinajstić information content (AvgIpc) is 3.12. The van der Waals surface area contributed by atoms with Gasteiger partial charge in [0.15, 0.2) is 5.96 Å². The van der Waals surface area contributed by atoms with Gasteiger partial charge in [0.1, 0.15) is 0 Å². The summed E-state index contributed by atoms with van der Waals surface area (Å²) >= 11 is 0. The lowest BCUT2D eigenvalue weighted by molar-refractivity contribution is 0.257. The summed E-state index contributed by atoms with van der Waals surface area (Å²) in [6.07, 6.45) is 5.07. The molecule has 0 bridgehead atoms. The normalized spacial score (nSPS) is 22.3. The van der Waals surface area contributed by atoms with Crippen LogP contribution < -0.4 is 5.32 Å². The number of piperidine rings is 1. The summed E-state index contributed by atoms with van der Waals surface area (Å²) in [7, 11) is 1.92. The van der Waals surface area contributed by atoms with Crippen molar-refractivity contribution in [3.63, 3.8) is 0 Å². The van der Waals surface area contributed by atoms with Crippen LogP contribution in [-0.4, -0.2) is 62.1 Å². The van der Waals surface area contributed by atoms with E-state index in [4.69, 9.17) is 0 Å². The molecule has 2 saturated heterocycles. The van der Waals surface area contributed by atoms with Crippen LogP contribution in [-0.2, 0) is 6.42 Å².